The van der Waals surface area contributed by atoms with Gasteiger partial charge in [-0.05, 0) is 23.3 Å². The number of aromatic nitrogens is 1. The minimum absolute atomic E-state index is 0.0714. The highest BCUT2D eigenvalue weighted by atomic mass is 16.3. The first kappa shape index (κ1) is 13.4. The van der Waals surface area contributed by atoms with E-state index in [2.05, 4.69) is 10.3 Å². The van der Waals surface area contributed by atoms with Crippen LogP contribution in [0.4, 0.5) is 11.4 Å². The maximum absolute atomic E-state index is 9.05. The van der Waals surface area contributed by atoms with E-state index >= 15 is 0 Å². The Balaban J connectivity index is 1.83. The summed E-state index contributed by atoms with van der Waals surface area (Å²) in [5.41, 5.74) is 10.5. The number of pyridine rings is 1. The molecule has 21 heavy (non-hydrogen) atoms. The van der Waals surface area contributed by atoms with Crippen molar-refractivity contribution in [3.63, 3.8) is 0 Å². The molecule has 0 bridgehead atoms. The van der Waals surface area contributed by atoms with Gasteiger partial charge in [0.25, 0.3) is 0 Å². The van der Waals surface area contributed by atoms with E-state index in [0.29, 0.717) is 12.2 Å². The first-order chi connectivity index (χ1) is 10.3. The molecule has 1 aromatic heterocycles. The third-order valence-corrected chi connectivity index (χ3v) is 3.49. The summed E-state index contributed by atoms with van der Waals surface area (Å²) >= 11 is 0. The van der Waals surface area contributed by atoms with Crippen LogP contribution >= 0.6 is 0 Å². The van der Waals surface area contributed by atoms with Crippen LogP contribution in [0.3, 0.4) is 0 Å². The number of fused-ring (bicyclic) bond motifs is 1. The lowest BCUT2D eigenvalue weighted by atomic mass is 10.1. The van der Waals surface area contributed by atoms with Gasteiger partial charge in [-0.1, -0.05) is 36.4 Å². The Hall–Kier alpha value is -2.59. The Kier molecular flexibility index (Phi) is 3.71. The van der Waals surface area contributed by atoms with Crippen LogP contribution in [0.15, 0.2) is 54.7 Å². The van der Waals surface area contributed by atoms with Gasteiger partial charge in [0.15, 0.2) is 0 Å². The second-order valence-corrected chi connectivity index (χ2v) is 4.93. The number of aliphatic hydroxyl groups is 1. The molecule has 0 unspecified atom stereocenters. The second-order valence-electron chi connectivity index (χ2n) is 4.93. The number of hydrogen-bond acceptors (Lipinski definition) is 4. The van der Waals surface area contributed by atoms with E-state index in [9.17, 15) is 0 Å². The van der Waals surface area contributed by atoms with Crippen molar-refractivity contribution >= 4 is 22.3 Å². The molecule has 1 heterocycles. The molecule has 0 aliphatic rings. The van der Waals surface area contributed by atoms with Gasteiger partial charge >= 0.3 is 0 Å². The highest BCUT2D eigenvalue weighted by Crippen LogP contribution is 2.25. The number of nitrogen functional groups attached to an aromatic ring is 1. The van der Waals surface area contributed by atoms with Crippen LogP contribution in [0, 0.1) is 0 Å². The van der Waals surface area contributed by atoms with Gasteiger partial charge in [0, 0.05) is 23.8 Å². The second kappa shape index (κ2) is 5.81. The number of nitrogens with two attached hydrogens (primary N) is 1. The van der Waals surface area contributed by atoms with Crippen LogP contribution in [-0.2, 0) is 13.2 Å². The van der Waals surface area contributed by atoms with E-state index in [1.165, 1.54) is 0 Å². The zero-order valence-corrected chi connectivity index (χ0v) is 11.6. The zero-order valence-electron chi connectivity index (χ0n) is 11.6. The standard InChI is InChI=1S/C17H17N3O/c18-15-3-1-2-14-16(8-9-19-17(14)15)20-10-12-4-6-13(11-21)7-5-12/h1-9,21H,10-11,18H2,(H,19,20). The molecule has 0 radical (unpaired) electrons. The quantitative estimate of drug-likeness (QED) is 0.642. The van der Waals surface area contributed by atoms with Crippen molar-refractivity contribution in [3.8, 4) is 0 Å². The molecule has 0 fully saturated rings. The monoisotopic (exact) mass is 279 g/mol. The Morgan fingerprint density at radius 1 is 1.00 bits per heavy atom. The van der Waals surface area contributed by atoms with Gasteiger partial charge in [-0.3, -0.25) is 4.98 Å². The summed E-state index contributed by atoms with van der Waals surface area (Å²) in [6, 6.07) is 15.6. The third kappa shape index (κ3) is 2.80. The van der Waals surface area contributed by atoms with E-state index in [1.54, 1.807) is 6.20 Å². The Labute approximate surface area is 123 Å². The number of rotatable bonds is 4. The van der Waals surface area contributed by atoms with Crippen LogP contribution in [0.5, 0.6) is 0 Å². The fourth-order valence-electron chi connectivity index (χ4n) is 2.31. The molecule has 0 aliphatic carbocycles. The largest absolute Gasteiger partial charge is 0.397 e. The molecule has 3 aromatic rings. The molecule has 0 saturated carbocycles. The van der Waals surface area contributed by atoms with Crippen molar-refractivity contribution in [1.29, 1.82) is 0 Å². The number of nitrogens with one attached hydrogen (secondary N) is 1. The van der Waals surface area contributed by atoms with Gasteiger partial charge in [0.2, 0.25) is 0 Å². The molecule has 0 atom stereocenters. The molecule has 0 aliphatic heterocycles. The summed E-state index contributed by atoms with van der Waals surface area (Å²) < 4.78 is 0. The summed E-state index contributed by atoms with van der Waals surface area (Å²) in [4.78, 5) is 4.33. The van der Waals surface area contributed by atoms with Crippen molar-refractivity contribution in [2.45, 2.75) is 13.2 Å². The molecule has 4 heteroatoms. The summed E-state index contributed by atoms with van der Waals surface area (Å²) in [7, 11) is 0. The topological polar surface area (TPSA) is 71.2 Å². The van der Waals surface area contributed by atoms with Gasteiger partial charge in [0.1, 0.15) is 0 Å². The number of nitrogens with zero attached hydrogens (tertiary/aromatic N) is 1. The number of aliphatic hydroxyl groups excluding tert-OH is 1. The molecule has 3 rings (SSSR count). The molecule has 2 aromatic carbocycles. The van der Waals surface area contributed by atoms with Crippen LogP contribution < -0.4 is 11.1 Å². The predicted octanol–water partition coefficient (Wildman–Crippen LogP) is 2.92. The van der Waals surface area contributed by atoms with Gasteiger partial charge in [-0.2, -0.15) is 0 Å². The number of benzene rings is 2. The SMILES string of the molecule is Nc1cccc2c(NCc3ccc(CO)cc3)ccnc12. The fourth-order valence-corrected chi connectivity index (χ4v) is 2.31. The molecule has 4 nitrogen and oxygen atoms in total. The van der Waals surface area contributed by atoms with Crippen molar-refractivity contribution < 1.29 is 5.11 Å². The molecule has 4 N–H and O–H groups in total. The fraction of sp³-hybridized carbons (Fsp3) is 0.118. The van der Waals surface area contributed by atoms with E-state index in [4.69, 9.17) is 10.8 Å². The summed E-state index contributed by atoms with van der Waals surface area (Å²) in [6.07, 6.45) is 1.76. The lowest BCUT2D eigenvalue weighted by molar-refractivity contribution is 0.282. The normalized spacial score (nSPS) is 10.7. The average molecular weight is 279 g/mol. The van der Waals surface area contributed by atoms with Gasteiger partial charge in [-0.25, -0.2) is 0 Å². The van der Waals surface area contributed by atoms with E-state index in [-0.39, 0.29) is 6.61 Å². The Morgan fingerprint density at radius 3 is 2.52 bits per heavy atom. The van der Waals surface area contributed by atoms with Crippen molar-refractivity contribution in [3.05, 3.63) is 65.9 Å². The molecule has 106 valence electrons. The first-order valence-corrected chi connectivity index (χ1v) is 6.83. The Bertz CT molecular complexity index is 754. The minimum Gasteiger partial charge on any atom is -0.397 e. The maximum atomic E-state index is 9.05. The summed E-state index contributed by atoms with van der Waals surface area (Å²) in [6.45, 7) is 0.779. The molecule has 0 amide bonds. The lowest BCUT2D eigenvalue weighted by Gasteiger charge is -2.10. The highest BCUT2D eigenvalue weighted by Gasteiger charge is 2.04. The zero-order chi connectivity index (χ0) is 14.7. The van der Waals surface area contributed by atoms with Gasteiger partial charge in [0.05, 0.1) is 17.8 Å². The van der Waals surface area contributed by atoms with Crippen molar-refractivity contribution in [1.82, 2.24) is 4.98 Å². The lowest BCUT2D eigenvalue weighted by Crippen LogP contribution is -2.01. The van der Waals surface area contributed by atoms with E-state index < -0.39 is 0 Å². The minimum atomic E-state index is 0.0714. The van der Waals surface area contributed by atoms with Crippen LogP contribution in [-0.4, -0.2) is 10.1 Å². The van der Waals surface area contributed by atoms with Crippen LogP contribution in [0.1, 0.15) is 11.1 Å². The van der Waals surface area contributed by atoms with Gasteiger partial charge in [-0.15, -0.1) is 0 Å². The average Bonchev–Trinajstić information content (AvgIpc) is 2.54. The third-order valence-electron chi connectivity index (χ3n) is 3.49. The van der Waals surface area contributed by atoms with E-state index in [0.717, 1.165) is 27.7 Å². The molecule has 0 saturated heterocycles. The first-order valence-electron chi connectivity index (χ1n) is 6.83. The maximum Gasteiger partial charge on any atom is 0.0951 e. The van der Waals surface area contributed by atoms with Gasteiger partial charge < -0.3 is 16.2 Å². The highest BCUT2D eigenvalue weighted by molar-refractivity contribution is 5.97. The van der Waals surface area contributed by atoms with Crippen molar-refractivity contribution in [2.24, 2.45) is 0 Å². The van der Waals surface area contributed by atoms with Crippen molar-refractivity contribution in [2.75, 3.05) is 11.1 Å². The van der Waals surface area contributed by atoms with E-state index in [1.807, 2.05) is 48.5 Å². The Morgan fingerprint density at radius 2 is 1.76 bits per heavy atom. The van der Waals surface area contributed by atoms with Crippen LogP contribution in [0.2, 0.25) is 0 Å². The molecule has 0 spiro atoms. The molecular formula is C17H17N3O. The molecular weight excluding hydrogens is 262 g/mol. The summed E-state index contributed by atoms with van der Waals surface area (Å²) in [5, 5.41) is 13.5. The predicted molar refractivity (Wildman–Crippen MR) is 85.8 cm³/mol. The number of para-hydroxylation sites is 1. The van der Waals surface area contributed by atoms with Crippen LogP contribution in [0.25, 0.3) is 10.9 Å². The smallest absolute Gasteiger partial charge is 0.0951 e. The number of hydrogen-bond donors (Lipinski definition) is 3. The number of anilines is 2. The summed E-state index contributed by atoms with van der Waals surface area (Å²) in [5.74, 6) is 0.